The van der Waals surface area contributed by atoms with E-state index in [4.69, 9.17) is 0 Å². The zero-order valence-electron chi connectivity index (χ0n) is 11.5. The molecule has 0 radical (unpaired) electrons. The molecule has 1 heterocycles. The molecule has 0 unspecified atom stereocenters. The normalized spacial score (nSPS) is 15.1. The first-order valence-corrected chi connectivity index (χ1v) is 6.71. The third-order valence-electron chi connectivity index (χ3n) is 3.41. The van der Waals surface area contributed by atoms with Crippen LogP contribution in [-0.4, -0.2) is 34.5 Å². The highest BCUT2D eigenvalue weighted by Gasteiger charge is 2.29. The van der Waals surface area contributed by atoms with Gasteiger partial charge in [-0.25, -0.2) is 0 Å². The minimum atomic E-state index is 0.208. The number of rotatable bonds is 6. The van der Waals surface area contributed by atoms with E-state index in [-0.39, 0.29) is 5.91 Å². The van der Waals surface area contributed by atoms with Crippen LogP contribution in [0.5, 0.6) is 0 Å². The van der Waals surface area contributed by atoms with Crippen LogP contribution in [0.4, 0.5) is 0 Å². The molecule has 1 aliphatic carbocycles. The number of hydrogen-bond donors (Lipinski definition) is 1. The fourth-order valence-electron chi connectivity index (χ4n) is 2.00. The first-order chi connectivity index (χ1) is 8.58. The molecule has 4 nitrogen and oxygen atoms in total. The molecule has 1 aliphatic rings. The van der Waals surface area contributed by atoms with Crippen molar-refractivity contribution in [1.29, 1.82) is 0 Å². The van der Waals surface area contributed by atoms with Gasteiger partial charge in [-0.05, 0) is 25.0 Å². The monoisotopic (exact) mass is 249 g/mol. The molecule has 0 aliphatic heterocycles. The Hall–Kier alpha value is -1.29. The lowest BCUT2D eigenvalue weighted by Gasteiger charge is -2.18. The van der Waals surface area contributed by atoms with Gasteiger partial charge in [0, 0.05) is 37.6 Å². The van der Waals surface area contributed by atoms with Crippen molar-refractivity contribution in [3.8, 4) is 0 Å². The van der Waals surface area contributed by atoms with Gasteiger partial charge < -0.3 is 14.8 Å². The van der Waals surface area contributed by atoms with Gasteiger partial charge in [-0.15, -0.1) is 0 Å². The maximum absolute atomic E-state index is 12.1. The van der Waals surface area contributed by atoms with E-state index in [0.29, 0.717) is 18.6 Å². The molecule has 1 amide bonds. The summed E-state index contributed by atoms with van der Waals surface area (Å²) >= 11 is 0. The Morgan fingerprint density at radius 1 is 1.56 bits per heavy atom. The maximum Gasteiger partial charge on any atom is 0.242 e. The molecule has 4 heteroatoms. The summed E-state index contributed by atoms with van der Waals surface area (Å²) in [5.41, 5.74) is 1.17. The second-order valence-corrected chi connectivity index (χ2v) is 5.40. The largest absolute Gasteiger partial charge is 0.341 e. The molecule has 1 aromatic rings. The summed E-state index contributed by atoms with van der Waals surface area (Å²) in [6, 6.07) is 5.02. The summed E-state index contributed by atoms with van der Waals surface area (Å²) < 4.78 is 2.04. The summed E-state index contributed by atoms with van der Waals surface area (Å²) in [5.74, 6) is 0.208. The molecule has 0 aromatic carbocycles. The topological polar surface area (TPSA) is 37.3 Å². The number of carbonyl (C=O) groups excluding carboxylic acids is 1. The number of hydrogen-bond acceptors (Lipinski definition) is 2. The van der Waals surface area contributed by atoms with Crippen LogP contribution >= 0.6 is 0 Å². The van der Waals surface area contributed by atoms with Gasteiger partial charge in [-0.2, -0.15) is 0 Å². The molecule has 100 valence electrons. The Morgan fingerprint density at radius 2 is 2.28 bits per heavy atom. The minimum absolute atomic E-state index is 0.208. The zero-order chi connectivity index (χ0) is 13.1. The molecule has 18 heavy (non-hydrogen) atoms. The summed E-state index contributed by atoms with van der Waals surface area (Å²) in [7, 11) is 1.91. The Morgan fingerprint density at radius 3 is 2.89 bits per heavy atom. The van der Waals surface area contributed by atoms with Gasteiger partial charge in [-0.3, -0.25) is 4.79 Å². The predicted octanol–water partition coefficient (Wildman–Crippen LogP) is 1.61. The third-order valence-corrected chi connectivity index (χ3v) is 3.41. The van der Waals surface area contributed by atoms with Crippen molar-refractivity contribution in [3.63, 3.8) is 0 Å². The summed E-state index contributed by atoms with van der Waals surface area (Å²) in [6.07, 6.45) is 4.31. The van der Waals surface area contributed by atoms with Crippen molar-refractivity contribution in [1.82, 2.24) is 14.8 Å². The quantitative estimate of drug-likeness (QED) is 0.831. The fraction of sp³-hybridized carbons (Fsp3) is 0.643. The number of carbonyl (C=O) groups is 1. The van der Waals surface area contributed by atoms with Crippen molar-refractivity contribution in [2.45, 2.75) is 51.9 Å². The van der Waals surface area contributed by atoms with E-state index in [9.17, 15) is 4.79 Å². The molecular weight excluding hydrogens is 226 g/mol. The van der Waals surface area contributed by atoms with Crippen LogP contribution in [0.15, 0.2) is 18.3 Å². The molecule has 1 saturated carbocycles. The number of amides is 1. The van der Waals surface area contributed by atoms with E-state index in [0.717, 1.165) is 19.4 Å². The molecular formula is C14H23N3O. The van der Waals surface area contributed by atoms with Gasteiger partial charge in [0.15, 0.2) is 0 Å². The molecule has 1 aromatic heterocycles. The number of nitrogens with one attached hydrogen (secondary N) is 1. The Kier molecular flexibility index (Phi) is 4.07. The van der Waals surface area contributed by atoms with Gasteiger partial charge in [0.2, 0.25) is 5.91 Å². The minimum Gasteiger partial charge on any atom is -0.341 e. The van der Waals surface area contributed by atoms with E-state index >= 15 is 0 Å². The van der Waals surface area contributed by atoms with Crippen molar-refractivity contribution in [2.75, 3.05) is 7.05 Å². The molecule has 0 saturated heterocycles. The first kappa shape index (κ1) is 13.1. The van der Waals surface area contributed by atoms with Crippen LogP contribution in [0.3, 0.4) is 0 Å². The van der Waals surface area contributed by atoms with E-state index in [1.807, 2.05) is 28.8 Å². The van der Waals surface area contributed by atoms with E-state index in [1.165, 1.54) is 5.69 Å². The molecule has 0 bridgehead atoms. The van der Waals surface area contributed by atoms with Crippen molar-refractivity contribution in [2.24, 2.45) is 0 Å². The molecule has 1 N–H and O–H groups in total. The molecule has 1 fully saturated rings. The van der Waals surface area contributed by atoms with Crippen LogP contribution in [0.25, 0.3) is 0 Å². The SMILES string of the molecule is CC(C)NCc1cccn1CC(=O)N(C)C1CC1. The van der Waals surface area contributed by atoms with E-state index < -0.39 is 0 Å². The maximum atomic E-state index is 12.1. The van der Waals surface area contributed by atoms with Crippen molar-refractivity contribution >= 4 is 5.91 Å². The fourth-order valence-corrected chi connectivity index (χ4v) is 2.00. The highest BCUT2D eigenvalue weighted by molar-refractivity contribution is 5.76. The van der Waals surface area contributed by atoms with Gasteiger partial charge >= 0.3 is 0 Å². The third kappa shape index (κ3) is 3.35. The van der Waals surface area contributed by atoms with Crippen LogP contribution in [-0.2, 0) is 17.9 Å². The summed E-state index contributed by atoms with van der Waals surface area (Å²) in [4.78, 5) is 14.0. The number of aromatic nitrogens is 1. The second kappa shape index (κ2) is 5.57. The van der Waals surface area contributed by atoms with Crippen LogP contribution in [0, 0.1) is 0 Å². The van der Waals surface area contributed by atoms with Gasteiger partial charge in [0.25, 0.3) is 0 Å². The second-order valence-electron chi connectivity index (χ2n) is 5.40. The average molecular weight is 249 g/mol. The molecule has 2 rings (SSSR count). The first-order valence-electron chi connectivity index (χ1n) is 6.71. The van der Waals surface area contributed by atoms with E-state index in [2.05, 4.69) is 25.2 Å². The zero-order valence-corrected chi connectivity index (χ0v) is 11.5. The number of nitrogens with zero attached hydrogens (tertiary/aromatic N) is 2. The summed E-state index contributed by atoms with van der Waals surface area (Å²) in [6.45, 7) is 5.51. The highest BCUT2D eigenvalue weighted by atomic mass is 16.2. The number of likely N-dealkylation sites (N-methyl/N-ethyl adjacent to an activating group) is 1. The Balaban J connectivity index is 1.92. The van der Waals surface area contributed by atoms with Crippen molar-refractivity contribution in [3.05, 3.63) is 24.0 Å². The smallest absolute Gasteiger partial charge is 0.242 e. The van der Waals surface area contributed by atoms with Crippen LogP contribution in [0.2, 0.25) is 0 Å². The molecule has 0 spiro atoms. The van der Waals surface area contributed by atoms with Crippen LogP contribution < -0.4 is 5.32 Å². The lowest BCUT2D eigenvalue weighted by molar-refractivity contribution is -0.131. The Labute approximate surface area is 109 Å². The average Bonchev–Trinajstić information content (AvgIpc) is 3.08. The van der Waals surface area contributed by atoms with Gasteiger partial charge in [0.05, 0.1) is 0 Å². The summed E-state index contributed by atoms with van der Waals surface area (Å²) in [5, 5.41) is 3.38. The van der Waals surface area contributed by atoms with Crippen molar-refractivity contribution < 1.29 is 4.79 Å². The highest BCUT2D eigenvalue weighted by Crippen LogP contribution is 2.25. The standard InChI is InChI=1S/C14H23N3O/c1-11(2)15-9-13-5-4-8-17(13)10-14(18)16(3)12-6-7-12/h4-5,8,11-12,15H,6-7,9-10H2,1-3H3. The molecule has 0 atom stereocenters. The Bertz CT molecular complexity index is 407. The lowest BCUT2D eigenvalue weighted by atomic mass is 10.3. The van der Waals surface area contributed by atoms with Crippen LogP contribution in [0.1, 0.15) is 32.4 Å². The van der Waals surface area contributed by atoms with E-state index in [1.54, 1.807) is 0 Å². The lowest BCUT2D eigenvalue weighted by Crippen LogP contribution is -2.32. The predicted molar refractivity (Wildman–Crippen MR) is 72.2 cm³/mol. The van der Waals surface area contributed by atoms with Gasteiger partial charge in [0.1, 0.15) is 6.54 Å². The van der Waals surface area contributed by atoms with Gasteiger partial charge in [-0.1, -0.05) is 13.8 Å².